The predicted molar refractivity (Wildman–Crippen MR) is 70.5 cm³/mol. The number of hydrogen-bond donors (Lipinski definition) is 1. The molecule has 1 unspecified atom stereocenters. The first-order chi connectivity index (χ1) is 7.04. The van der Waals surface area contributed by atoms with Gasteiger partial charge in [-0.15, -0.1) is 0 Å². The molecule has 4 heteroatoms. The summed E-state index contributed by atoms with van der Waals surface area (Å²) in [5.41, 5.74) is 1.94. The van der Waals surface area contributed by atoms with Crippen molar-refractivity contribution in [2.75, 3.05) is 5.32 Å². The number of aryl methyl sites for hydroxylation is 1. The molecule has 1 N–H and O–H groups in total. The third-order valence-electron chi connectivity index (χ3n) is 2.07. The lowest BCUT2D eigenvalue weighted by Gasteiger charge is -2.09. The van der Waals surface area contributed by atoms with Crippen LogP contribution in [-0.4, -0.2) is 10.7 Å². The van der Waals surface area contributed by atoms with Gasteiger partial charge in [-0.2, -0.15) is 0 Å². The van der Waals surface area contributed by atoms with Gasteiger partial charge in [0.1, 0.15) is 0 Å². The van der Waals surface area contributed by atoms with Crippen LogP contribution in [0.5, 0.6) is 0 Å². The molecule has 0 aliphatic carbocycles. The molecule has 0 saturated carbocycles. The zero-order chi connectivity index (χ0) is 11.4. The Morgan fingerprint density at radius 2 is 2.20 bits per heavy atom. The van der Waals surface area contributed by atoms with Crippen LogP contribution in [0.1, 0.15) is 18.9 Å². The Morgan fingerprint density at radius 1 is 1.53 bits per heavy atom. The van der Waals surface area contributed by atoms with Gasteiger partial charge in [-0.25, -0.2) is 0 Å². The Labute approximate surface area is 107 Å². The van der Waals surface area contributed by atoms with Crippen molar-refractivity contribution in [2.24, 2.45) is 0 Å². The maximum absolute atomic E-state index is 11.6. The molecular formula is C11H13Br2NO. The van der Waals surface area contributed by atoms with Crippen molar-refractivity contribution in [2.45, 2.75) is 25.1 Å². The predicted octanol–water partition coefficient (Wildman–Crippen LogP) is 3.87. The van der Waals surface area contributed by atoms with E-state index in [-0.39, 0.29) is 10.7 Å². The number of halogens is 2. The van der Waals surface area contributed by atoms with E-state index in [9.17, 15) is 4.79 Å². The summed E-state index contributed by atoms with van der Waals surface area (Å²) in [4.78, 5) is 11.4. The van der Waals surface area contributed by atoms with E-state index in [2.05, 4.69) is 37.2 Å². The average molecular weight is 335 g/mol. The lowest BCUT2D eigenvalue weighted by molar-refractivity contribution is -0.115. The highest BCUT2D eigenvalue weighted by atomic mass is 79.9. The van der Waals surface area contributed by atoms with Gasteiger partial charge in [0, 0.05) is 10.2 Å². The first kappa shape index (κ1) is 12.7. The molecular weight excluding hydrogens is 322 g/mol. The smallest absolute Gasteiger partial charge is 0.238 e. The summed E-state index contributed by atoms with van der Waals surface area (Å²) in [6, 6.07) is 5.75. The average Bonchev–Trinajstić information content (AvgIpc) is 2.22. The Hall–Kier alpha value is -0.350. The second-order valence-electron chi connectivity index (χ2n) is 3.33. The van der Waals surface area contributed by atoms with Crippen LogP contribution in [0.4, 0.5) is 5.69 Å². The van der Waals surface area contributed by atoms with Crippen LogP contribution < -0.4 is 5.32 Å². The third kappa shape index (κ3) is 3.61. The van der Waals surface area contributed by atoms with Crippen LogP contribution in [0.15, 0.2) is 22.7 Å². The molecule has 0 fully saturated rings. The van der Waals surface area contributed by atoms with E-state index in [0.717, 1.165) is 22.1 Å². The van der Waals surface area contributed by atoms with Crippen LogP contribution in [0, 0.1) is 6.92 Å². The van der Waals surface area contributed by atoms with E-state index in [1.54, 1.807) is 0 Å². The molecule has 1 amide bonds. The fourth-order valence-corrected chi connectivity index (χ4v) is 1.49. The van der Waals surface area contributed by atoms with Gasteiger partial charge in [0.05, 0.1) is 4.83 Å². The maximum atomic E-state index is 11.6. The molecule has 0 radical (unpaired) electrons. The monoisotopic (exact) mass is 333 g/mol. The summed E-state index contributed by atoms with van der Waals surface area (Å²) < 4.78 is 1.05. The number of nitrogens with one attached hydrogen (secondary N) is 1. The van der Waals surface area contributed by atoms with E-state index < -0.39 is 0 Å². The van der Waals surface area contributed by atoms with Crippen LogP contribution in [0.25, 0.3) is 0 Å². The number of anilines is 1. The number of benzene rings is 1. The van der Waals surface area contributed by atoms with E-state index in [1.807, 2.05) is 32.0 Å². The molecule has 1 atom stereocenters. The fraction of sp³-hybridized carbons (Fsp3) is 0.364. The number of carbonyl (C=O) groups excluding carboxylic acids is 1. The van der Waals surface area contributed by atoms with E-state index in [1.165, 1.54) is 0 Å². The van der Waals surface area contributed by atoms with Crippen molar-refractivity contribution in [3.63, 3.8) is 0 Å². The van der Waals surface area contributed by atoms with Crippen LogP contribution in [0.2, 0.25) is 0 Å². The molecule has 1 aromatic carbocycles. The lowest BCUT2D eigenvalue weighted by Crippen LogP contribution is -2.21. The van der Waals surface area contributed by atoms with E-state index in [0.29, 0.717) is 0 Å². The van der Waals surface area contributed by atoms with Crippen molar-refractivity contribution in [1.82, 2.24) is 0 Å². The van der Waals surface area contributed by atoms with Gasteiger partial charge < -0.3 is 5.32 Å². The van der Waals surface area contributed by atoms with Gasteiger partial charge in [-0.05, 0) is 37.1 Å². The molecule has 0 saturated heterocycles. The number of carbonyl (C=O) groups is 1. The number of hydrogen-bond acceptors (Lipinski definition) is 1. The minimum absolute atomic E-state index is 0.000720. The van der Waals surface area contributed by atoms with Crippen molar-refractivity contribution in [3.05, 3.63) is 28.2 Å². The SMILES string of the molecule is CCC(Br)C(=O)Nc1ccc(Br)c(C)c1. The summed E-state index contributed by atoms with van der Waals surface area (Å²) >= 11 is 6.73. The Kier molecular flexibility index (Phi) is 4.80. The summed E-state index contributed by atoms with van der Waals surface area (Å²) in [6.45, 7) is 3.96. The molecule has 1 aromatic rings. The van der Waals surface area contributed by atoms with Gasteiger partial charge in [0.15, 0.2) is 0 Å². The molecule has 0 aliphatic rings. The number of amides is 1. The second kappa shape index (κ2) is 5.66. The van der Waals surface area contributed by atoms with Crippen molar-refractivity contribution >= 4 is 43.5 Å². The highest BCUT2D eigenvalue weighted by Gasteiger charge is 2.12. The molecule has 0 heterocycles. The van der Waals surface area contributed by atoms with E-state index in [4.69, 9.17) is 0 Å². The summed E-state index contributed by atoms with van der Waals surface area (Å²) in [6.07, 6.45) is 0.779. The first-order valence-electron chi connectivity index (χ1n) is 4.75. The van der Waals surface area contributed by atoms with Gasteiger partial charge in [0.25, 0.3) is 0 Å². The molecule has 0 spiro atoms. The fourth-order valence-electron chi connectivity index (χ4n) is 1.13. The lowest BCUT2D eigenvalue weighted by atomic mass is 10.2. The van der Waals surface area contributed by atoms with Crippen LogP contribution >= 0.6 is 31.9 Å². The van der Waals surface area contributed by atoms with Crippen molar-refractivity contribution < 1.29 is 4.79 Å². The third-order valence-corrected chi connectivity index (χ3v) is 4.02. The quantitative estimate of drug-likeness (QED) is 0.835. The minimum atomic E-state index is -0.124. The maximum Gasteiger partial charge on any atom is 0.238 e. The Morgan fingerprint density at radius 3 is 2.73 bits per heavy atom. The zero-order valence-corrected chi connectivity index (χ0v) is 11.9. The second-order valence-corrected chi connectivity index (χ2v) is 5.29. The molecule has 0 aliphatic heterocycles. The molecule has 0 bridgehead atoms. The van der Waals surface area contributed by atoms with E-state index >= 15 is 0 Å². The highest BCUT2D eigenvalue weighted by molar-refractivity contribution is 9.10. The Bertz CT molecular complexity index is 366. The van der Waals surface area contributed by atoms with Gasteiger partial charge in [0.2, 0.25) is 5.91 Å². The summed E-state index contributed by atoms with van der Waals surface area (Å²) in [7, 11) is 0. The summed E-state index contributed by atoms with van der Waals surface area (Å²) in [5, 5.41) is 2.85. The molecule has 2 nitrogen and oxygen atoms in total. The Balaban J connectivity index is 2.73. The molecule has 0 aromatic heterocycles. The number of rotatable bonds is 3. The summed E-state index contributed by atoms with van der Waals surface area (Å²) in [5.74, 6) is -0.000720. The van der Waals surface area contributed by atoms with Crippen LogP contribution in [0.3, 0.4) is 0 Å². The zero-order valence-electron chi connectivity index (χ0n) is 8.68. The standard InChI is InChI=1S/C11H13Br2NO/c1-3-9(12)11(15)14-8-4-5-10(13)7(2)6-8/h4-6,9H,3H2,1-2H3,(H,14,15). The first-order valence-corrected chi connectivity index (χ1v) is 6.46. The van der Waals surface area contributed by atoms with Gasteiger partial charge >= 0.3 is 0 Å². The largest absolute Gasteiger partial charge is 0.325 e. The van der Waals surface area contributed by atoms with Crippen LogP contribution in [-0.2, 0) is 4.79 Å². The van der Waals surface area contributed by atoms with Crippen molar-refractivity contribution in [3.8, 4) is 0 Å². The molecule has 15 heavy (non-hydrogen) atoms. The minimum Gasteiger partial charge on any atom is -0.325 e. The molecule has 1 rings (SSSR count). The topological polar surface area (TPSA) is 29.1 Å². The van der Waals surface area contributed by atoms with Crippen molar-refractivity contribution in [1.29, 1.82) is 0 Å². The van der Waals surface area contributed by atoms with Gasteiger partial charge in [-0.1, -0.05) is 38.8 Å². The van der Waals surface area contributed by atoms with Gasteiger partial charge in [-0.3, -0.25) is 4.79 Å². The highest BCUT2D eigenvalue weighted by Crippen LogP contribution is 2.20. The molecule has 82 valence electrons. The number of alkyl halides is 1. The normalized spacial score (nSPS) is 12.3.